The van der Waals surface area contributed by atoms with E-state index in [1.807, 2.05) is 60.8 Å². The predicted octanol–water partition coefficient (Wildman–Crippen LogP) is 2.82. The molecule has 0 radical (unpaired) electrons. The second kappa shape index (κ2) is 7.49. The largest absolute Gasteiger partial charge is 0.497 e. The summed E-state index contributed by atoms with van der Waals surface area (Å²) in [6.45, 7) is 0.915. The minimum atomic E-state index is -0.736. The smallest absolute Gasteiger partial charge is 0.234 e. The molecule has 1 aromatic heterocycles. The molecular formula is C26H25N3O4. The lowest BCUT2D eigenvalue weighted by molar-refractivity contribution is -0.131. The molecule has 2 N–H and O–H groups in total. The van der Waals surface area contributed by atoms with Crippen LogP contribution in [-0.4, -0.2) is 48.7 Å². The van der Waals surface area contributed by atoms with Crippen molar-refractivity contribution in [3.8, 4) is 5.75 Å². The molecule has 3 unspecified atom stereocenters. The van der Waals surface area contributed by atoms with Gasteiger partial charge < -0.3 is 24.7 Å². The molecule has 3 aromatic rings. The first kappa shape index (κ1) is 20.1. The summed E-state index contributed by atoms with van der Waals surface area (Å²) in [6, 6.07) is 15.5. The molecule has 3 aliphatic rings. The highest BCUT2D eigenvalue weighted by Gasteiger charge is 2.67. The molecule has 168 valence electrons. The lowest BCUT2D eigenvalue weighted by Gasteiger charge is -2.23. The first-order chi connectivity index (χ1) is 16.1. The maximum absolute atomic E-state index is 13.4. The molecule has 0 aliphatic carbocycles. The monoisotopic (exact) mass is 443 g/mol. The van der Waals surface area contributed by atoms with Crippen molar-refractivity contribution in [2.75, 3.05) is 25.1 Å². The highest BCUT2D eigenvalue weighted by atomic mass is 16.5. The predicted molar refractivity (Wildman–Crippen MR) is 124 cm³/mol. The summed E-state index contributed by atoms with van der Waals surface area (Å²) in [4.78, 5) is 31.7. The Morgan fingerprint density at radius 2 is 2.06 bits per heavy atom. The number of benzene rings is 2. The zero-order valence-corrected chi connectivity index (χ0v) is 18.3. The number of para-hydroxylation sites is 1. The number of ether oxygens (including phenoxy) is 2. The maximum atomic E-state index is 13.4. The van der Waals surface area contributed by atoms with Crippen LogP contribution in [-0.2, 0) is 20.7 Å². The standard InChI is InChI=1S/C26H25N3O4/c1-32-18-8-6-17(7-9-18)29-15-26-12-10-21(33-26)22(23(26)25(29)31)24(30)27-13-11-16-14-28-20-5-3-2-4-19(16)20/h2-10,12,14,21-23,28H,11,13,15H2,1H3,(H,27,30)/t21-,22?,23?,26?/m0/s1. The molecular weight excluding hydrogens is 418 g/mol. The molecule has 6 rings (SSSR count). The van der Waals surface area contributed by atoms with Gasteiger partial charge in [0.2, 0.25) is 11.8 Å². The van der Waals surface area contributed by atoms with E-state index in [0.717, 1.165) is 27.9 Å². The van der Waals surface area contributed by atoms with Crippen LogP contribution in [0.3, 0.4) is 0 Å². The molecule has 33 heavy (non-hydrogen) atoms. The number of methoxy groups -OCH3 is 1. The van der Waals surface area contributed by atoms with Crippen LogP contribution in [0.15, 0.2) is 66.9 Å². The number of nitrogens with one attached hydrogen (secondary N) is 2. The van der Waals surface area contributed by atoms with E-state index < -0.39 is 17.4 Å². The van der Waals surface area contributed by atoms with Gasteiger partial charge in [-0.3, -0.25) is 9.59 Å². The van der Waals surface area contributed by atoms with E-state index in [1.165, 1.54) is 0 Å². The molecule has 2 aromatic carbocycles. The molecule has 2 fully saturated rings. The zero-order valence-electron chi connectivity index (χ0n) is 18.3. The van der Waals surface area contributed by atoms with Crippen LogP contribution in [0, 0.1) is 11.8 Å². The van der Waals surface area contributed by atoms with Gasteiger partial charge in [-0.05, 0) is 42.3 Å². The summed E-state index contributed by atoms with van der Waals surface area (Å²) < 4.78 is 11.5. The number of hydrogen-bond acceptors (Lipinski definition) is 4. The van der Waals surface area contributed by atoms with Crippen LogP contribution < -0.4 is 15.0 Å². The van der Waals surface area contributed by atoms with Gasteiger partial charge >= 0.3 is 0 Å². The summed E-state index contributed by atoms with van der Waals surface area (Å²) >= 11 is 0. The Balaban J connectivity index is 1.17. The summed E-state index contributed by atoms with van der Waals surface area (Å²) in [5.41, 5.74) is 2.29. The van der Waals surface area contributed by atoms with Gasteiger partial charge in [0.25, 0.3) is 0 Å². The number of carbonyl (C=O) groups is 2. The lowest BCUT2D eigenvalue weighted by Crippen LogP contribution is -2.44. The average Bonchev–Trinajstić information content (AvgIpc) is 3.59. The number of anilines is 1. The quantitative estimate of drug-likeness (QED) is 0.574. The number of fused-ring (bicyclic) bond motifs is 2. The maximum Gasteiger partial charge on any atom is 0.234 e. The normalized spacial score (nSPS) is 27.4. The van der Waals surface area contributed by atoms with Crippen LogP contribution in [0.25, 0.3) is 10.9 Å². The molecule has 4 heterocycles. The summed E-state index contributed by atoms with van der Waals surface area (Å²) in [5.74, 6) is -0.491. The third kappa shape index (κ3) is 3.07. The highest BCUT2D eigenvalue weighted by Crippen LogP contribution is 2.52. The molecule has 2 bridgehead atoms. The van der Waals surface area contributed by atoms with Crippen LogP contribution >= 0.6 is 0 Å². The van der Waals surface area contributed by atoms with Gasteiger partial charge in [-0.15, -0.1) is 0 Å². The van der Waals surface area contributed by atoms with Gasteiger partial charge in [0.1, 0.15) is 11.4 Å². The van der Waals surface area contributed by atoms with Crippen LogP contribution in [0.4, 0.5) is 5.69 Å². The van der Waals surface area contributed by atoms with Gasteiger partial charge in [-0.2, -0.15) is 0 Å². The van der Waals surface area contributed by atoms with Crippen molar-refractivity contribution in [1.29, 1.82) is 0 Å². The van der Waals surface area contributed by atoms with Crippen molar-refractivity contribution in [1.82, 2.24) is 10.3 Å². The van der Waals surface area contributed by atoms with Gasteiger partial charge in [0.05, 0.1) is 31.6 Å². The number of nitrogens with zero attached hydrogens (tertiary/aromatic N) is 1. The summed E-state index contributed by atoms with van der Waals surface area (Å²) in [7, 11) is 1.61. The van der Waals surface area contributed by atoms with E-state index in [1.54, 1.807) is 12.0 Å². The fourth-order valence-corrected chi connectivity index (χ4v) is 5.56. The number of aromatic amines is 1. The molecule has 4 atom stereocenters. The number of aromatic nitrogens is 1. The zero-order chi connectivity index (χ0) is 22.6. The second-order valence-corrected chi connectivity index (χ2v) is 8.92. The van der Waals surface area contributed by atoms with Crippen molar-refractivity contribution < 1.29 is 19.1 Å². The van der Waals surface area contributed by atoms with E-state index in [9.17, 15) is 9.59 Å². The van der Waals surface area contributed by atoms with Crippen molar-refractivity contribution in [2.45, 2.75) is 18.1 Å². The highest BCUT2D eigenvalue weighted by molar-refractivity contribution is 6.03. The Hall–Kier alpha value is -3.58. The molecule has 0 saturated carbocycles. The molecule has 7 heteroatoms. The van der Waals surface area contributed by atoms with Crippen molar-refractivity contribution in [3.63, 3.8) is 0 Å². The first-order valence-corrected chi connectivity index (χ1v) is 11.2. The Morgan fingerprint density at radius 1 is 1.24 bits per heavy atom. The van der Waals surface area contributed by atoms with E-state index in [2.05, 4.69) is 16.4 Å². The lowest BCUT2D eigenvalue weighted by atomic mass is 9.77. The van der Waals surface area contributed by atoms with E-state index in [4.69, 9.17) is 9.47 Å². The summed E-state index contributed by atoms with van der Waals surface area (Å²) in [5, 5.41) is 4.22. The fraction of sp³-hybridized carbons (Fsp3) is 0.308. The molecule has 2 amide bonds. The van der Waals surface area contributed by atoms with Crippen molar-refractivity contribution in [2.24, 2.45) is 11.8 Å². The van der Waals surface area contributed by atoms with Crippen LogP contribution in [0.5, 0.6) is 5.75 Å². The van der Waals surface area contributed by atoms with Gasteiger partial charge in [-0.1, -0.05) is 30.4 Å². The van der Waals surface area contributed by atoms with Gasteiger partial charge in [-0.25, -0.2) is 0 Å². The first-order valence-electron chi connectivity index (χ1n) is 11.2. The van der Waals surface area contributed by atoms with E-state index in [-0.39, 0.29) is 17.9 Å². The van der Waals surface area contributed by atoms with Gasteiger partial charge in [0, 0.05) is 29.3 Å². The average molecular weight is 444 g/mol. The number of amides is 2. The van der Waals surface area contributed by atoms with Gasteiger partial charge in [0.15, 0.2) is 0 Å². The number of hydrogen-bond donors (Lipinski definition) is 2. The Bertz CT molecular complexity index is 1260. The topological polar surface area (TPSA) is 83.7 Å². The third-order valence-electron chi connectivity index (χ3n) is 7.16. The summed E-state index contributed by atoms with van der Waals surface area (Å²) in [6.07, 6.45) is 6.25. The third-order valence-corrected chi connectivity index (χ3v) is 7.16. The molecule has 2 saturated heterocycles. The van der Waals surface area contributed by atoms with Crippen molar-refractivity contribution in [3.05, 3.63) is 72.4 Å². The number of rotatable bonds is 6. The van der Waals surface area contributed by atoms with E-state index in [0.29, 0.717) is 19.5 Å². The number of H-pyrrole nitrogens is 1. The Labute approximate surface area is 191 Å². The number of carbonyl (C=O) groups excluding carboxylic acids is 2. The Kier molecular flexibility index (Phi) is 4.55. The minimum absolute atomic E-state index is 0.0659. The van der Waals surface area contributed by atoms with E-state index >= 15 is 0 Å². The van der Waals surface area contributed by atoms with Crippen LogP contribution in [0.1, 0.15) is 5.56 Å². The molecule has 7 nitrogen and oxygen atoms in total. The minimum Gasteiger partial charge on any atom is -0.497 e. The molecule has 1 spiro atoms. The Morgan fingerprint density at radius 3 is 2.88 bits per heavy atom. The van der Waals surface area contributed by atoms with Crippen LogP contribution in [0.2, 0.25) is 0 Å². The SMILES string of the molecule is COc1ccc(N2CC34C=C[C@H](O3)C(C(=O)NCCc3c[nH]c5ccccc35)C4C2=O)cc1. The fourth-order valence-electron chi connectivity index (χ4n) is 5.56. The molecule has 3 aliphatic heterocycles. The second-order valence-electron chi connectivity index (χ2n) is 8.92. The van der Waals surface area contributed by atoms with Crippen molar-refractivity contribution >= 4 is 28.4 Å².